The van der Waals surface area contributed by atoms with E-state index in [9.17, 15) is 9.59 Å². The van der Waals surface area contributed by atoms with Crippen LogP contribution in [-0.4, -0.2) is 44.9 Å². The molecule has 7 nitrogen and oxygen atoms in total. The van der Waals surface area contributed by atoms with Crippen LogP contribution in [0.5, 0.6) is 0 Å². The van der Waals surface area contributed by atoms with E-state index in [1.807, 2.05) is 0 Å². The Morgan fingerprint density at radius 1 is 1.33 bits per heavy atom. The van der Waals surface area contributed by atoms with Crippen molar-refractivity contribution in [1.82, 2.24) is 0 Å². The summed E-state index contributed by atoms with van der Waals surface area (Å²) in [5.41, 5.74) is 0. The Balaban J connectivity index is 0. The summed E-state index contributed by atoms with van der Waals surface area (Å²) < 4.78 is 0. The van der Waals surface area contributed by atoms with E-state index in [2.05, 4.69) is 0 Å². The van der Waals surface area contributed by atoms with E-state index >= 15 is 0 Å². The number of aliphatic carboxylic acids is 2. The number of hydrogen-bond acceptors (Lipinski definition) is 4. The zero-order valence-electron chi connectivity index (χ0n) is 5.88. The first kappa shape index (κ1) is 13.0. The summed E-state index contributed by atoms with van der Waals surface area (Å²) in [5, 5.41) is 31.0. The monoisotopic (exact) mass is 180 g/mol. The third-order valence-corrected chi connectivity index (χ3v) is 0.653. The predicted molar refractivity (Wildman–Crippen MR) is 34.6 cm³/mol. The summed E-state index contributed by atoms with van der Waals surface area (Å²) in [7, 11) is 0. The number of rotatable bonds is 3. The molecule has 1 unspecified atom stereocenters. The molecule has 0 aromatic rings. The van der Waals surface area contributed by atoms with Crippen LogP contribution >= 0.6 is 0 Å². The fourth-order valence-electron chi connectivity index (χ4n) is 0.253. The van der Waals surface area contributed by atoms with Gasteiger partial charge >= 0.3 is 11.9 Å². The molecule has 4 N–H and O–H groups in total. The van der Waals surface area contributed by atoms with Crippen molar-refractivity contribution in [2.75, 3.05) is 0 Å². The molecule has 0 spiro atoms. The van der Waals surface area contributed by atoms with Gasteiger partial charge in [0, 0.05) is 0 Å². The molecule has 0 bridgehead atoms. The van der Waals surface area contributed by atoms with E-state index in [1.165, 1.54) is 0 Å². The van der Waals surface area contributed by atoms with Gasteiger partial charge in [0.05, 0.1) is 6.42 Å². The average Bonchev–Trinajstić information content (AvgIpc) is 1.87. The zero-order valence-corrected chi connectivity index (χ0v) is 5.88. The molecule has 7 heteroatoms. The second-order valence-electron chi connectivity index (χ2n) is 1.56. The normalized spacial score (nSPS) is 10.4. The maximum absolute atomic E-state index is 9.72. The minimum Gasteiger partial charge on any atom is -0.483 e. The fraction of sp³-hybridized carbons (Fsp3) is 0.400. The van der Waals surface area contributed by atoms with Crippen molar-refractivity contribution >= 4 is 18.4 Å². The molecule has 0 aromatic carbocycles. The van der Waals surface area contributed by atoms with Crippen molar-refractivity contribution in [3.05, 3.63) is 0 Å². The van der Waals surface area contributed by atoms with Gasteiger partial charge in [-0.25, -0.2) is 4.79 Å². The Hall–Kier alpha value is -1.63. The molecular formula is C5H8O7. The Morgan fingerprint density at radius 3 is 1.75 bits per heavy atom. The third-order valence-electron chi connectivity index (χ3n) is 0.653. The molecule has 0 saturated carbocycles. The van der Waals surface area contributed by atoms with Gasteiger partial charge < -0.3 is 20.4 Å². The van der Waals surface area contributed by atoms with Crippen LogP contribution in [0.3, 0.4) is 0 Å². The maximum Gasteiger partial charge on any atom is 0.333 e. The minimum atomic E-state index is -1.79. The highest BCUT2D eigenvalue weighted by molar-refractivity contribution is 5.79. The fourth-order valence-corrected chi connectivity index (χ4v) is 0.253. The Kier molecular flexibility index (Phi) is 8.10. The molecule has 0 rings (SSSR count). The van der Waals surface area contributed by atoms with Gasteiger partial charge in [-0.05, 0) is 0 Å². The molecule has 70 valence electrons. The average molecular weight is 180 g/mol. The van der Waals surface area contributed by atoms with Crippen LogP contribution in [-0.2, 0) is 14.4 Å². The standard InChI is InChI=1S/C4H6O5.CH2O2/c5-2(4(8)9)1-3(6)7;2-1-3/h2,5H,1H2,(H,6,7)(H,8,9);1H,(H,2,3). The van der Waals surface area contributed by atoms with Gasteiger partial charge in [-0.1, -0.05) is 0 Å². The number of carboxylic acid groups (broad SMARTS) is 3. The third kappa shape index (κ3) is 11.2. The number of hydrogen-bond donors (Lipinski definition) is 4. The summed E-state index contributed by atoms with van der Waals surface area (Å²) >= 11 is 0. The number of carboxylic acids is 2. The molecule has 0 radical (unpaired) electrons. The smallest absolute Gasteiger partial charge is 0.333 e. The van der Waals surface area contributed by atoms with E-state index in [0.717, 1.165) is 0 Å². The highest BCUT2D eigenvalue weighted by atomic mass is 16.4. The van der Waals surface area contributed by atoms with Gasteiger partial charge in [-0.2, -0.15) is 0 Å². The molecule has 0 aliphatic rings. The lowest BCUT2D eigenvalue weighted by atomic mass is 10.3. The predicted octanol–water partition coefficient (Wildman–Crippen LogP) is -1.39. The first-order valence-electron chi connectivity index (χ1n) is 2.66. The highest BCUT2D eigenvalue weighted by Crippen LogP contribution is 1.89. The van der Waals surface area contributed by atoms with Gasteiger partial charge in [0.1, 0.15) is 0 Å². The highest BCUT2D eigenvalue weighted by Gasteiger charge is 2.16. The number of aliphatic hydroxyl groups excluding tert-OH is 1. The molecule has 0 heterocycles. The minimum absolute atomic E-state index is 0.250. The van der Waals surface area contributed by atoms with Gasteiger partial charge in [-0.15, -0.1) is 0 Å². The van der Waals surface area contributed by atoms with E-state index in [4.69, 9.17) is 25.2 Å². The summed E-state index contributed by atoms with van der Waals surface area (Å²) in [6.07, 6.45) is -2.54. The summed E-state index contributed by atoms with van der Waals surface area (Å²) in [5.74, 6) is -2.85. The van der Waals surface area contributed by atoms with Gasteiger partial charge in [-0.3, -0.25) is 9.59 Å². The quantitative estimate of drug-likeness (QED) is 0.393. The molecule has 0 aliphatic carbocycles. The molecule has 1 atom stereocenters. The SMILES string of the molecule is O=C(O)CC(O)C(=O)O.O=CO. The van der Waals surface area contributed by atoms with Gasteiger partial charge in [0.15, 0.2) is 6.10 Å². The molecule has 0 fully saturated rings. The topological polar surface area (TPSA) is 132 Å². The Morgan fingerprint density at radius 2 is 1.67 bits per heavy atom. The van der Waals surface area contributed by atoms with Crippen molar-refractivity contribution in [2.24, 2.45) is 0 Å². The van der Waals surface area contributed by atoms with Crippen molar-refractivity contribution in [1.29, 1.82) is 0 Å². The van der Waals surface area contributed by atoms with E-state index in [-0.39, 0.29) is 6.47 Å². The second-order valence-corrected chi connectivity index (χ2v) is 1.56. The number of carbonyl (C=O) groups is 3. The van der Waals surface area contributed by atoms with Crippen molar-refractivity contribution in [3.63, 3.8) is 0 Å². The zero-order chi connectivity index (χ0) is 10.1. The lowest BCUT2D eigenvalue weighted by Crippen LogP contribution is -2.22. The second kappa shape index (κ2) is 7.48. The summed E-state index contributed by atoms with van der Waals surface area (Å²) in [6.45, 7) is -0.250. The van der Waals surface area contributed by atoms with Crippen LogP contribution in [0.2, 0.25) is 0 Å². The van der Waals surface area contributed by atoms with Crippen LogP contribution in [0, 0.1) is 0 Å². The lowest BCUT2D eigenvalue weighted by Gasteiger charge is -1.97. The van der Waals surface area contributed by atoms with E-state index < -0.39 is 24.5 Å². The van der Waals surface area contributed by atoms with Crippen LogP contribution < -0.4 is 0 Å². The van der Waals surface area contributed by atoms with Crippen molar-refractivity contribution < 1.29 is 34.8 Å². The maximum atomic E-state index is 9.72. The molecular weight excluding hydrogens is 172 g/mol. The first-order valence-corrected chi connectivity index (χ1v) is 2.66. The molecule has 0 amide bonds. The van der Waals surface area contributed by atoms with Crippen LogP contribution in [0.1, 0.15) is 6.42 Å². The molecule has 0 aromatic heterocycles. The van der Waals surface area contributed by atoms with Crippen molar-refractivity contribution in [2.45, 2.75) is 12.5 Å². The summed E-state index contributed by atoms with van der Waals surface area (Å²) in [4.78, 5) is 27.8. The number of aliphatic hydroxyl groups is 1. The molecule has 0 saturated heterocycles. The van der Waals surface area contributed by atoms with Gasteiger partial charge in [0.2, 0.25) is 0 Å². The Labute approximate surface area is 66.9 Å². The Bertz CT molecular complexity index is 163. The van der Waals surface area contributed by atoms with E-state index in [0.29, 0.717) is 0 Å². The van der Waals surface area contributed by atoms with Gasteiger partial charge in [0.25, 0.3) is 6.47 Å². The first-order chi connectivity index (χ1) is 5.45. The van der Waals surface area contributed by atoms with Crippen molar-refractivity contribution in [3.8, 4) is 0 Å². The molecule has 12 heavy (non-hydrogen) atoms. The van der Waals surface area contributed by atoms with Crippen LogP contribution in [0.15, 0.2) is 0 Å². The largest absolute Gasteiger partial charge is 0.483 e. The van der Waals surface area contributed by atoms with Crippen LogP contribution in [0.4, 0.5) is 0 Å². The molecule has 0 aliphatic heterocycles. The van der Waals surface area contributed by atoms with Crippen LogP contribution in [0.25, 0.3) is 0 Å². The van der Waals surface area contributed by atoms with E-state index in [1.54, 1.807) is 0 Å². The lowest BCUT2D eigenvalue weighted by molar-refractivity contribution is -0.152. The summed E-state index contributed by atoms with van der Waals surface area (Å²) in [6, 6.07) is 0.